The first-order chi connectivity index (χ1) is 26.4. The number of hydrogen-bond acceptors (Lipinski definition) is 8. The van der Waals surface area contributed by atoms with Crippen molar-refractivity contribution in [3.63, 3.8) is 0 Å². The Bertz CT molecular complexity index is 1780. The summed E-state index contributed by atoms with van der Waals surface area (Å²) < 4.78 is 1.86. The molecule has 298 valence electrons. The number of nitrogens with one attached hydrogen (secondary N) is 1. The molecule has 0 unspecified atom stereocenters. The van der Waals surface area contributed by atoms with Gasteiger partial charge in [-0.25, -0.2) is 9.97 Å². The fourth-order valence-electron chi connectivity index (χ4n) is 7.41. The molecule has 0 aliphatic heterocycles. The van der Waals surface area contributed by atoms with Crippen molar-refractivity contribution >= 4 is 39.1 Å². The van der Waals surface area contributed by atoms with Crippen LogP contribution < -0.4 is 31.6 Å². The topological polar surface area (TPSA) is 115 Å². The van der Waals surface area contributed by atoms with Crippen molar-refractivity contribution in [2.45, 2.75) is 163 Å². The maximum atomic E-state index is 12.9. The van der Waals surface area contributed by atoms with Gasteiger partial charge in [-0.3, -0.25) is 9.59 Å². The molecule has 0 saturated carbocycles. The third kappa shape index (κ3) is 12.9. The molecule has 9 nitrogen and oxygen atoms in total. The first-order valence-electron chi connectivity index (χ1n) is 21.5. The number of imidazole rings is 1. The summed E-state index contributed by atoms with van der Waals surface area (Å²) in [5.74, 6) is 1.26. The number of pyridine rings is 1. The second-order valence-corrected chi connectivity index (χ2v) is 15.5. The van der Waals surface area contributed by atoms with Gasteiger partial charge in [0.25, 0.3) is 10.9 Å². The van der Waals surface area contributed by atoms with Gasteiger partial charge < -0.3 is 20.8 Å². The summed E-state index contributed by atoms with van der Waals surface area (Å²) in [4.78, 5) is 43.6. The minimum absolute atomic E-state index is 0.355. The van der Waals surface area contributed by atoms with Gasteiger partial charge in [-0.15, -0.1) is 0 Å². The Balaban J connectivity index is 1.22. The molecule has 3 N–H and O–H groups in total. The van der Waals surface area contributed by atoms with Crippen LogP contribution in [0.2, 0.25) is 0 Å². The molecule has 0 atom stereocenters. The molecule has 4 rings (SSSR count). The predicted molar refractivity (Wildman–Crippen MR) is 230 cm³/mol. The number of benzene rings is 1. The summed E-state index contributed by atoms with van der Waals surface area (Å²) in [7, 11) is 0. The molecule has 0 spiro atoms. The molecule has 54 heavy (non-hydrogen) atoms. The summed E-state index contributed by atoms with van der Waals surface area (Å²) in [5, 5.41) is 4.29. The van der Waals surface area contributed by atoms with Crippen LogP contribution in [0, 0.1) is 0 Å². The minimum Gasteiger partial charge on any atom is -0.412 e. The van der Waals surface area contributed by atoms with Crippen LogP contribution in [0.4, 0.5) is 17.2 Å². The molecule has 0 amide bonds. The maximum Gasteiger partial charge on any atom is 0.253 e. The zero-order valence-electron chi connectivity index (χ0n) is 34.2. The number of nitrogens with zero attached hydrogens (tertiary/aromatic N) is 4. The molecule has 0 aliphatic carbocycles. The highest BCUT2D eigenvalue weighted by Crippen LogP contribution is 2.29. The standard InChI is InChI=1S/C45H70N6O3/c1-5-7-9-10-11-12-13-14-15-16-17-18-19-20-24-32-50(33-26-27-35(3)4)42-39(43(52)44(42)53)47-31-23-25-34-54-51-38(30-8-6-2)49-40-41(51)36-28-21-22-29-37(36)48-45(40)46/h21-22,27-29,47H,5-20,23-26,30-34H2,1-4H3,(H2,46,48). The highest BCUT2D eigenvalue weighted by molar-refractivity contribution is 6.06. The van der Waals surface area contributed by atoms with E-state index in [1.807, 2.05) is 29.0 Å². The summed E-state index contributed by atoms with van der Waals surface area (Å²) in [6, 6.07) is 7.94. The first-order valence-corrected chi connectivity index (χ1v) is 21.5. The average molecular weight is 743 g/mol. The third-order valence-corrected chi connectivity index (χ3v) is 10.6. The molecule has 2 aromatic heterocycles. The Kier molecular flexibility index (Phi) is 18.9. The van der Waals surface area contributed by atoms with Gasteiger partial charge in [0.05, 0.1) is 5.52 Å². The molecule has 9 heteroatoms. The van der Waals surface area contributed by atoms with Crippen molar-refractivity contribution in [3.8, 4) is 0 Å². The zero-order valence-corrected chi connectivity index (χ0v) is 34.2. The van der Waals surface area contributed by atoms with Gasteiger partial charge in [0.1, 0.15) is 34.8 Å². The number of nitrogens with two attached hydrogens (primary N) is 1. The Morgan fingerprint density at radius 3 is 2.06 bits per heavy atom. The lowest BCUT2D eigenvalue weighted by molar-refractivity contribution is 0.109. The Morgan fingerprint density at radius 2 is 1.41 bits per heavy atom. The number of para-hydroxylation sites is 1. The van der Waals surface area contributed by atoms with Crippen LogP contribution in [0.25, 0.3) is 21.9 Å². The van der Waals surface area contributed by atoms with Crippen molar-refractivity contribution < 1.29 is 4.84 Å². The number of allylic oxidation sites excluding steroid dienone is 1. The number of fused-ring (bicyclic) bond motifs is 3. The average Bonchev–Trinajstić information content (AvgIpc) is 3.54. The Morgan fingerprint density at radius 1 is 0.778 bits per heavy atom. The van der Waals surface area contributed by atoms with Crippen LogP contribution in [0.1, 0.15) is 162 Å². The monoisotopic (exact) mass is 743 g/mol. The summed E-state index contributed by atoms with van der Waals surface area (Å²) in [5.41, 5.74) is 10.3. The van der Waals surface area contributed by atoms with Gasteiger partial charge in [0.15, 0.2) is 5.82 Å². The largest absolute Gasteiger partial charge is 0.412 e. The van der Waals surface area contributed by atoms with E-state index in [2.05, 4.69) is 49.0 Å². The van der Waals surface area contributed by atoms with Gasteiger partial charge >= 0.3 is 0 Å². The maximum absolute atomic E-state index is 12.9. The summed E-state index contributed by atoms with van der Waals surface area (Å²) in [6.07, 6.45) is 27.3. The van der Waals surface area contributed by atoms with E-state index in [0.29, 0.717) is 35.9 Å². The SMILES string of the molecule is CCCCCCCCCCCCCCCCCN(CCC=C(C)C)c1c(NCCCCOn2c(CCCC)nc3c(N)nc4ccccc4c32)c(=O)c1=O. The molecule has 2 aromatic carbocycles. The van der Waals surface area contributed by atoms with Crippen molar-refractivity contribution in [3.05, 3.63) is 62.2 Å². The van der Waals surface area contributed by atoms with Crippen LogP contribution in [0.5, 0.6) is 0 Å². The molecule has 0 bridgehead atoms. The van der Waals surface area contributed by atoms with Gasteiger partial charge in [0, 0.05) is 31.4 Å². The van der Waals surface area contributed by atoms with Crippen LogP contribution in [0.3, 0.4) is 0 Å². The highest BCUT2D eigenvalue weighted by Gasteiger charge is 2.25. The predicted octanol–water partition coefficient (Wildman–Crippen LogP) is 10.5. The molecule has 4 aromatic rings. The van der Waals surface area contributed by atoms with Crippen molar-refractivity contribution in [2.75, 3.05) is 42.2 Å². The zero-order chi connectivity index (χ0) is 38.5. The van der Waals surface area contributed by atoms with E-state index in [-0.39, 0.29) is 5.43 Å². The Labute approximate surface area is 324 Å². The van der Waals surface area contributed by atoms with Crippen LogP contribution in [0.15, 0.2) is 45.5 Å². The smallest absolute Gasteiger partial charge is 0.253 e. The number of unbranched alkanes of at least 4 members (excludes halogenated alkanes) is 16. The number of aromatic nitrogens is 3. The lowest BCUT2D eigenvalue weighted by Crippen LogP contribution is -2.43. The number of nitrogen functional groups attached to an aromatic ring is 1. The van der Waals surface area contributed by atoms with Crippen molar-refractivity contribution in [1.82, 2.24) is 14.7 Å². The lowest BCUT2D eigenvalue weighted by atomic mass is 10.0. The van der Waals surface area contributed by atoms with Crippen molar-refractivity contribution in [2.24, 2.45) is 0 Å². The highest BCUT2D eigenvalue weighted by atomic mass is 16.7. The van der Waals surface area contributed by atoms with Gasteiger partial charge in [0.2, 0.25) is 0 Å². The van der Waals surface area contributed by atoms with E-state index < -0.39 is 5.43 Å². The van der Waals surface area contributed by atoms with E-state index >= 15 is 0 Å². The normalized spacial score (nSPS) is 11.6. The molecule has 2 heterocycles. The third-order valence-electron chi connectivity index (χ3n) is 10.6. The number of hydrogen-bond donors (Lipinski definition) is 2. The van der Waals surface area contributed by atoms with Crippen LogP contribution >= 0.6 is 0 Å². The number of rotatable bonds is 30. The lowest BCUT2D eigenvalue weighted by Gasteiger charge is -2.27. The van der Waals surface area contributed by atoms with Crippen LogP contribution in [-0.2, 0) is 6.42 Å². The molecular formula is C45H70N6O3. The molecular weight excluding hydrogens is 673 g/mol. The van der Waals surface area contributed by atoms with E-state index in [4.69, 9.17) is 15.6 Å². The minimum atomic E-state index is -0.395. The van der Waals surface area contributed by atoms with Gasteiger partial charge in [-0.2, -0.15) is 4.73 Å². The van der Waals surface area contributed by atoms with E-state index in [1.54, 1.807) is 0 Å². The fourth-order valence-corrected chi connectivity index (χ4v) is 7.41. The molecule has 0 aliphatic rings. The van der Waals surface area contributed by atoms with E-state index in [9.17, 15) is 9.59 Å². The fraction of sp³-hybridized carbons (Fsp3) is 0.644. The number of aryl methyl sites for hydroxylation is 1. The van der Waals surface area contributed by atoms with Crippen LogP contribution in [-0.4, -0.2) is 40.9 Å². The molecule has 0 radical (unpaired) electrons. The second-order valence-electron chi connectivity index (χ2n) is 15.5. The summed E-state index contributed by atoms with van der Waals surface area (Å²) >= 11 is 0. The van der Waals surface area contributed by atoms with Crippen molar-refractivity contribution in [1.29, 1.82) is 0 Å². The first kappa shape index (κ1) is 42.9. The number of anilines is 3. The van der Waals surface area contributed by atoms with Gasteiger partial charge in [-0.1, -0.05) is 140 Å². The molecule has 0 fully saturated rings. The van der Waals surface area contributed by atoms with E-state index in [0.717, 1.165) is 86.7 Å². The molecule has 0 saturated heterocycles. The quantitative estimate of drug-likeness (QED) is 0.0308. The Hall–Kier alpha value is -3.88. The van der Waals surface area contributed by atoms with E-state index in [1.165, 1.54) is 89.0 Å². The second kappa shape index (κ2) is 23.8. The summed E-state index contributed by atoms with van der Waals surface area (Å²) in [6.45, 7) is 11.3. The van der Waals surface area contributed by atoms with Gasteiger partial charge in [-0.05, 0) is 52.0 Å².